The molecule has 1 heterocycles. The molecule has 0 fully saturated rings. The van der Waals surface area contributed by atoms with Crippen molar-refractivity contribution in [2.45, 2.75) is 59.0 Å². The second kappa shape index (κ2) is 9.24. The van der Waals surface area contributed by atoms with E-state index in [4.69, 9.17) is 9.47 Å². The first-order valence-electron chi connectivity index (χ1n) is 9.89. The van der Waals surface area contributed by atoms with Crippen molar-refractivity contribution in [3.63, 3.8) is 0 Å². The van der Waals surface area contributed by atoms with Crippen molar-refractivity contribution in [3.8, 4) is 5.75 Å². The minimum absolute atomic E-state index is 0.243. The molecule has 0 radical (unpaired) electrons. The molecule has 0 unspecified atom stereocenters. The maximum atomic E-state index is 12.9. The third-order valence-electron chi connectivity index (χ3n) is 4.85. The lowest BCUT2D eigenvalue weighted by Gasteiger charge is -2.17. The summed E-state index contributed by atoms with van der Waals surface area (Å²) in [5.74, 6) is 0.0561. The number of anilines is 1. The fourth-order valence-electron chi connectivity index (χ4n) is 3.37. The van der Waals surface area contributed by atoms with Crippen molar-refractivity contribution >= 4 is 28.2 Å². The number of ether oxygens (including phenoxy) is 2. The van der Waals surface area contributed by atoms with Gasteiger partial charge in [-0.2, -0.15) is 0 Å². The van der Waals surface area contributed by atoms with E-state index in [0.717, 1.165) is 36.8 Å². The van der Waals surface area contributed by atoms with Gasteiger partial charge >= 0.3 is 5.97 Å². The van der Waals surface area contributed by atoms with Crippen molar-refractivity contribution in [1.82, 2.24) is 0 Å². The van der Waals surface area contributed by atoms with E-state index < -0.39 is 6.10 Å². The normalized spacial score (nSPS) is 14.1. The number of benzene rings is 1. The molecule has 0 aliphatic heterocycles. The molecular formula is C22H27NO4S. The molecule has 150 valence electrons. The Morgan fingerprint density at radius 3 is 2.54 bits per heavy atom. The minimum atomic E-state index is -0.628. The summed E-state index contributed by atoms with van der Waals surface area (Å²) in [5, 5.41) is 3.53. The molecule has 0 saturated carbocycles. The van der Waals surface area contributed by atoms with Crippen LogP contribution in [0.15, 0.2) is 24.3 Å². The second-order valence-electron chi connectivity index (χ2n) is 6.95. The van der Waals surface area contributed by atoms with Crippen LogP contribution in [0.3, 0.4) is 0 Å². The highest BCUT2D eigenvalue weighted by Crippen LogP contribution is 2.38. The molecule has 28 heavy (non-hydrogen) atoms. The first kappa shape index (κ1) is 20.4. The maximum absolute atomic E-state index is 12.9. The van der Waals surface area contributed by atoms with Crippen LogP contribution in [0.1, 0.15) is 59.5 Å². The molecule has 1 amide bonds. The van der Waals surface area contributed by atoms with E-state index in [-0.39, 0.29) is 11.9 Å². The maximum Gasteiger partial charge on any atom is 0.341 e. The standard InChI is InChI=1S/C22H27NO4S/c1-4-17(27-15-12-10-14(3)11-13-15)20(24)23-21-19(22(25)26-5-2)16-8-6-7-9-18(16)28-21/h10-13,17H,4-9H2,1-3H3,(H,23,24)/t17-/m0/s1. The van der Waals surface area contributed by atoms with Gasteiger partial charge < -0.3 is 14.8 Å². The molecule has 3 rings (SSSR count). The van der Waals surface area contributed by atoms with Crippen LogP contribution in [-0.4, -0.2) is 24.6 Å². The van der Waals surface area contributed by atoms with Gasteiger partial charge in [-0.25, -0.2) is 4.79 Å². The van der Waals surface area contributed by atoms with E-state index in [1.165, 1.54) is 16.2 Å². The monoisotopic (exact) mass is 401 g/mol. The lowest BCUT2D eigenvalue weighted by molar-refractivity contribution is -0.122. The van der Waals surface area contributed by atoms with Gasteiger partial charge in [0, 0.05) is 4.88 Å². The van der Waals surface area contributed by atoms with Crippen molar-refractivity contribution in [2.24, 2.45) is 0 Å². The quantitative estimate of drug-likeness (QED) is 0.670. The Kier molecular flexibility index (Phi) is 6.73. The Bertz CT molecular complexity index is 841. The average molecular weight is 402 g/mol. The molecule has 2 aromatic rings. The van der Waals surface area contributed by atoms with Crippen LogP contribution < -0.4 is 10.1 Å². The van der Waals surface area contributed by atoms with E-state index in [9.17, 15) is 9.59 Å². The summed E-state index contributed by atoms with van der Waals surface area (Å²) in [6.07, 6.45) is 3.86. The van der Waals surface area contributed by atoms with E-state index in [1.807, 2.05) is 38.1 Å². The third-order valence-corrected chi connectivity index (χ3v) is 6.06. The van der Waals surface area contributed by atoms with E-state index in [0.29, 0.717) is 29.3 Å². The molecule has 5 nitrogen and oxygen atoms in total. The van der Waals surface area contributed by atoms with Gasteiger partial charge in [-0.15, -0.1) is 11.3 Å². The van der Waals surface area contributed by atoms with Gasteiger partial charge in [-0.1, -0.05) is 24.6 Å². The van der Waals surface area contributed by atoms with Gasteiger partial charge in [0.05, 0.1) is 12.2 Å². The van der Waals surface area contributed by atoms with Crippen LogP contribution in [0, 0.1) is 6.92 Å². The summed E-state index contributed by atoms with van der Waals surface area (Å²) in [4.78, 5) is 26.6. The van der Waals surface area contributed by atoms with E-state index in [2.05, 4.69) is 5.32 Å². The zero-order chi connectivity index (χ0) is 20.1. The zero-order valence-corrected chi connectivity index (χ0v) is 17.5. The van der Waals surface area contributed by atoms with Gasteiger partial charge in [0.25, 0.3) is 5.91 Å². The highest BCUT2D eigenvalue weighted by atomic mass is 32.1. The summed E-state index contributed by atoms with van der Waals surface area (Å²) >= 11 is 1.49. The number of carbonyl (C=O) groups is 2. The largest absolute Gasteiger partial charge is 0.481 e. The van der Waals surface area contributed by atoms with Gasteiger partial charge in [0.15, 0.2) is 6.10 Å². The van der Waals surface area contributed by atoms with Crippen molar-refractivity contribution in [1.29, 1.82) is 0 Å². The number of aryl methyl sites for hydroxylation is 2. The van der Waals surface area contributed by atoms with E-state index >= 15 is 0 Å². The number of esters is 1. The van der Waals surface area contributed by atoms with Gasteiger partial charge in [0.1, 0.15) is 10.8 Å². The highest BCUT2D eigenvalue weighted by Gasteiger charge is 2.29. The Hall–Kier alpha value is -2.34. The summed E-state index contributed by atoms with van der Waals surface area (Å²) in [6.45, 7) is 6.01. The number of hydrogen-bond acceptors (Lipinski definition) is 5. The predicted octanol–water partition coefficient (Wildman–Crippen LogP) is 4.91. The topological polar surface area (TPSA) is 64.6 Å². The Morgan fingerprint density at radius 2 is 1.86 bits per heavy atom. The van der Waals surface area contributed by atoms with Crippen LogP contribution in [0.4, 0.5) is 5.00 Å². The van der Waals surface area contributed by atoms with Crippen LogP contribution in [0.5, 0.6) is 5.75 Å². The lowest BCUT2D eigenvalue weighted by Crippen LogP contribution is -2.32. The second-order valence-corrected chi connectivity index (χ2v) is 8.06. The fourth-order valence-corrected chi connectivity index (χ4v) is 4.65. The molecule has 0 saturated heterocycles. The van der Waals surface area contributed by atoms with Crippen molar-refractivity contribution in [3.05, 3.63) is 45.8 Å². The number of nitrogens with one attached hydrogen (secondary N) is 1. The zero-order valence-electron chi connectivity index (χ0n) is 16.7. The first-order chi connectivity index (χ1) is 13.5. The molecule has 6 heteroatoms. The lowest BCUT2D eigenvalue weighted by atomic mass is 9.95. The summed E-state index contributed by atoms with van der Waals surface area (Å²) in [7, 11) is 0. The summed E-state index contributed by atoms with van der Waals surface area (Å²) < 4.78 is 11.1. The van der Waals surface area contributed by atoms with Crippen LogP contribution in [0.2, 0.25) is 0 Å². The SMILES string of the molecule is CCOC(=O)c1c(NC(=O)[C@H](CC)Oc2ccc(C)cc2)sc2c1CCCC2. The number of thiophene rings is 1. The van der Waals surface area contributed by atoms with Crippen molar-refractivity contribution < 1.29 is 19.1 Å². The summed E-state index contributed by atoms with van der Waals surface area (Å²) in [6, 6.07) is 7.62. The van der Waals surface area contributed by atoms with Gasteiger partial charge in [-0.3, -0.25) is 4.79 Å². The van der Waals surface area contributed by atoms with Crippen LogP contribution in [-0.2, 0) is 22.4 Å². The van der Waals surface area contributed by atoms with E-state index in [1.54, 1.807) is 6.92 Å². The Morgan fingerprint density at radius 1 is 1.14 bits per heavy atom. The number of hydrogen-bond donors (Lipinski definition) is 1. The number of rotatable bonds is 7. The molecule has 1 aliphatic rings. The smallest absolute Gasteiger partial charge is 0.341 e. The number of amides is 1. The Labute approximate surface area is 170 Å². The predicted molar refractivity (Wildman–Crippen MR) is 111 cm³/mol. The number of fused-ring (bicyclic) bond motifs is 1. The molecule has 0 spiro atoms. The average Bonchev–Trinajstić information content (AvgIpc) is 3.05. The molecule has 1 N–H and O–H groups in total. The molecular weight excluding hydrogens is 374 g/mol. The summed E-state index contributed by atoms with van der Waals surface area (Å²) in [5.41, 5.74) is 2.70. The van der Waals surface area contributed by atoms with Crippen LogP contribution in [0.25, 0.3) is 0 Å². The molecule has 1 aliphatic carbocycles. The van der Waals surface area contributed by atoms with Gasteiger partial charge in [0.2, 0.25) is 0 Å². The molecule has 1 atom stereocenters. The minimum Gasteiger partial charge on any atom is -0.481 e. The third kappa shape index (κ3) is 4.55. The molecule has 0 bridgehead atoms. The Balaban J connectivity index is 1.80. The first-order valence-corrected chi connectivity index (χ1v) is 10.7. The number of carbonyl (C=O) groups excluding carboxylic acids is 2. The van der Waals surface area contributed by atoms with Crippen molar-refractivity contribution in [2.75, 3.05) is 11.9 Å². The van der Waals surface area contributed by atoms with Crippen LogP contribution >= 0.6 is 11.3 Å². The fraction of sp³-hybridized carbons (Fsp3) is 0.455. The molecule has 1 aromatic carbocycles. The highest BCUT2D eigenvalue weighted by molar-refractivity contribution is 7.17. The molecule has 1 aromatic heterocycles. The van der Waals surface area contributed by atoms with Gasteiger partial charge in [-0.05, 0) is 63.6 Å².